The molecule has 1 atom stereocenters. The van der Waals surface area contributed by atoms with Gasteiger partial charge in [-0.15, -0.1) is 0 Å². The minimum atomic E-state index is 0.405. The van der Waals surface area contributed by atoms with Crippen LogP contribution in [0.2, 0.25) is 0 Å². The molecule has 1 unspecified atom stereocenters. The molecule has 0 aliphatic heterocycles. The molecule has 0 spiro atoms. The molecule has 0 radical (unpaired) electrons. The van der Waals surface area contributed by atoms with E-state index in [0.29, 0.717) is 30.8 Å². The van der Waals surface area contributed by atoms with Crippen LogP contribution in [0.25, 0.3) is 0 Å². The molecule has 5 nitrogen and oxygen atoms in total. The first-order valence-corrected chi connectivity index (χ1v) is 4.71. The van der Waals surface area contributed by atoms with Crippen molar-refractivity contribution >= 4 is 0 Å². The predicted octanol–water partition coefficient (Wildman–Crippen LogP) is 0.614. The summed E-state index contributed by atoms with van der Waals surface area (Å²) >= 11 is 0. The molecule has 1 aromatic rings. The van der Waals surface area contributed by atoms with Crippen molar-refractivity contribution in [3.05, 3.63) is 11.7 Å². The molecule has 0 aliphatic rings. The fraction of sp³-hybridized carbons (Fsp3) is 0.778. The number of nitrogens with zero attached hydrogens (tertiary/aromatic N) is 2. The molecular weight excluding hydrogens is 182 g/mol. The molecule has 1 rings (SSSR count). The third-order valence-corrected chi connectivity index (χ3v) is 1.82. The first-order chi connectivity index (χ1) is 6.76. The monoisotopic (exact) mass is 199 g/mol. The minimum Gasteiger partial charge on any atom is -0.384 e. The van der Waals surface area contributed by atoms with E-state index < -0.39 is 0 Å². The number of nitrogens with one attached hydrogen (secondary N) is 1. The van der Waals surface area contributed by atoms with Gasteiger partial charge in [0.2, 0.25) is 5.89 Å². The van der Waals surface area contributed by atoms with Crippen LogP contribution in [0.4, 0.5) is 0 Å². The van der Waals surface area contributed by atoms with Crippen LogP contribution in [-0.4, -0.2) is 30.9 Å². The summed E-state index contributed by atoms with van der Waals surface area (Å²) in [5.41, 5.74) is 0. The maximum Gasteiger partial charge on any atom is 0.227 e. The summed E-state index contributed by atoms with van der Waals surface area (Å²) in [6.45, 7) is 3.44. The van der Waals surface area contributed by atoms with Gasteiger partial charge in [-0.1, -0.05) is 12.1 Å². The fourth-order valence-corrected chi connectivity index (χ4v) is 1.24. The first-order valence-electron chi connectivity index (χ1n) is 4.71. The molecule has 1 heterocycles. The third kappa shape index (κ3) is 3.43. The van der Waals surface area contributed by atoms with Gasteiger partial charge in [-0.25, -0.2) is 0 Å². The van der Waals surface area contributed by atoms with Gasteiger partial charge in [0.1, 0.15) is 0 Å². The standard InChI is InChI=1S/C9H17N3O2/c1-7(6-13-3)4-9-11-8(5-10-2)12-14-9/h7,10H,4-6H2,1-3H3. The fourth-order valence-electron chi connectivity index (χ4n) is 1.24. The number of rotatable bonds is 6. The van der Waals surface area contributed by atoms with Crippen molar-refractivity contribution in [2.45, 2.75) is 19.9 Å². The first kappa shape index (κ1) is 11.1. The van der Waals surface area contributed by atoms with Crippen LogP contribution in [0.1, 0.15) is 18.6 Å². The van der Waals surface area contributed by atoms with E-state index >= 15 is 0 Å². The lowest BCUT2D eigenvalue weighted by molar-refractivity contribution is 0.155. The van der Waals surface area contributed by atoms with Gasteiger partial charge in [0.25, 0.3) is 0 Å². The van der Waals surface area contributed by atoms with E-state index in [-0.39, 0.29) is 0 Å². The van der Waals surface area contributed by atoms with Crippen LogP contribution in [0.3, 0.4) is 0 Å². The highest BCUT2D eigenvalue weighted by Gasteiger charge is 2.09. The number of hydrogen-bond acceptors (Lipinski definition) is 5. The predicted molar refractivity (Wildman–Crippen MR) is 51.8 cm³/mol. The zero-order valence-electron chi connectivity index (χ0n) is 8.91. The van der Waals surface area contributed by atoms with Crippen molar-refractivity contribution in [3.63, 3.8) is 0 Å². The average molecular weight is 199 g/mol. The van der Waals surface area contributed by atoms with Crippen LogP contribution < -0.4 is 5.32 Å². The van der Waals surface area contributed by atoms with Crippen molar-refractivity contribution in [1.82, 2.24) is 15.5 Å². The average Bonchev–Trinajstić information content (AvgIpc) is 2.53. The van der Waals surface area contributed by atoms with Crippen molar-refractivity contribution in [1.29, 1.82) is 0 Å². The Balaban J connectivity index is 2.42. The van der Waals surface area contributed by atoms with E-state index in [2.05, 4.69) is 22.4 Å². The lowest BCUT2D eigenvalue weighted by Crippen LogP contribution is -2.08. The molecule has 1 aromatic heterocycles. The molecule has 0 amide bonds. The zero-order chi connectivity index (χ0) is 10.4. The molecule has 14 heavy (non-hydrogen) atoms. The molecule has 0 saturated carbocycles. The van der Waals surface area contributed by atoms with Crippen LogP contribution in [-0.2, 0) is 17.7 Å². The Bertz CT molecular complexity index is 262. The lowest BCUT2D eigenvalue weighted by Gasteiger charge is -2.05. The molecule has 0 bridgehead atoms. The Hall–Kier alpha value is -0.940. The van der Waals surface area contributed by atoms with Gasteiger partial charge in [-0.3, -0.25) is 0 Å². The van der Waals surface area contributed by atoms with E-state index in [1.165, 1.54) is 0 Å². The second-order valence-corrected chi connectivity index (χ2v) is 3.40. The minimum absolute atomic E-state index is 0.405. The maximum atomic E-state index is 5.08. The molecule has 0 fully saturated rings. The largest absolute Gasteiger partial charge is 0.384 e. The molecule has 0 aromatic carbocycles. The summed E-state index contributed by atoms with van der Waals surface area (Å²) in [6.07, 6.45) is 0.768. The van der Waals surface area contributed by atoms with Crippen molar-refractivity contribution in [3.8, 4) is 0 Å². The number of methoxy groups -OCH3 is 1. The van der Waals surface area contributed by atoms with Gasteiger partial charge in [0, 0.05) is 20.1 Å². The normalized spacial score (nSPS) is 13.1. The summed E-state index contributed by atoms with van der Waals surface area (Å²) in [7, 11) is 3.54. The Morgan fingerprint density at radius 3 is 3.00 bits per heavy atom. The summed E-state index contributed by atoms with van der Waals surface area (Å²) in [5, 5.41) is 6.80. The van der Waals surface area contributed by atoms with Crippen LogP contribution >= 0.6 is 0 Å². The van der Waals surface area contributed by atoms with Crippen LogP contribution in [0.5, 0.6) is 0 Å². The number of ether oxygens (including phenoxy) is 1. The molecule has 0 aliphatic carbocycles. The van der Waals surface area contributed by atoms with Gasteiger partial charge in [-0.05, 0) is 13.0 Å². The third-order valence-electron chi connectivity index (χ3n) is 1.82. The Morgan fingerprint density at radius 2 is 2.36 bits per heavy atom. The Morgan fingerprint density at radius 1 is 1.57 bits per heavy atom. The molecule has 80 valence electrons. The second-order valence-electron chi connectivity index (χ2n) is 3.40. The highest BCUT2D eigenvalue weighted by atomic mass is 16.5. The molecule has 5 heteroatoms. The smallest absolute Gasteiger partial charge is 0.227 e. The second kappa shape index (κ2) is 5.72. The molecular formula is C9H17N3O2. The van der Waals surface area contributed by atoms with Gasteiger partial charge >= 0.3 is 0 Å². The van der Waals surface area contributed by atoms with E-state index in [0.717, 1.165) is 6.42 Å². The Labute approximate surface area is 83.8 Å². The summed E-state index contributed by atoms with van der Waals surface area (Å²) in [4.78, 5) is 4.23. The summed E-state index contributed by atoms with van der Waals surface area (Å²) < 4.78 is 10.1. The van der Waals surface area contributed by atoms with Crippen molar-refractivity contribution in [2.75, 3.05) is 20.8 Å². The highest BCUT2D eigenvalue weighted by molar-refractivity contribution is 4.86. The van der Waals surface area contributed by atoms with E-state index in [4.69, 9.17) is 9.26 Å². The van der Waals surface area contributed by atoms with Crippen LogP contribution in [0, 0.1) is 5.92 Å². The number of hydrogen-bond donors (Lipinski definition) is 1. The number of aromatic nitrogens is 2. The molecule has 1 N–H and O–H groups in total. The zero-order valence-corrected chi connectivity index (χ0v) is 8.91. The van der Waals surface area contributed by atoms with Gasteiger partial charge in [0.15, 0.2) is 5.82 Å². The molecule has 0 saturated heterocycles. The van der Waals surface area contributed by atoms with Crippen molar-refractivity contribution in [2.24, 2.45) is 5.92 Å². The maximum absolute atomic E-state index is 5.08. The summed E-state index contributed by atoms with van der Waals surface area (Å²) in [6, 6.07) is 0. The Kier molecular flexibility index (Phi) is 4.55. The van der Waals surface area contributed by atoms with Crippen LogP contribution in [0.15, 0.2) is 4.52 Å². The highest BCUT2D eigenvalue weighted by Crippen LogP contribution is 2.06. The van der Waals surface area contributed by atoms with Gasteiger partial charge in [0.05, 0.1) is 6.54 Å². The SMILES string of the molecule is CNCc1noc(CC(C)COC)n1. The van der Waals surface area contributed by atoms with E-state index in [1.54, 1.807) is 7.11 Å². The van der Waals surface area contributed by atoms with E-state index in [1.807, 2.05) is 7.05 Å². The quantitative estimate of drug-likeness (QED) is 0.727. The lowest BCUT2D eigenvalue weighted by atomic mass is 10.1. The van der Waals surface area contributed by atoms with Gasteiger partial charge in [-0.2, -0.15) is 4.98 Å². The summed E-state index contributed by atoms with van der Waals surface area (Å²) in [5.74, 6) is 1.79. The van der Waals surface area contributed by atoms with Gasteiger partial charge < -0.3 is 14.6 Å². The van der Waals surface area contributed by atoms with E-state index in [9.17, 15) is 0 Å². The topological polar surface area (TPSA) is 60.2 Å². The van der Waals surface area contributed by atoms with Crippen molar-refractivity contribution < 1.29 is 9.26 Å².